The number of imidazole rings is 1. The quantitative estimate of drug-likeness (QED) is 0.596. The van der Waals surface area contributed by atoms with Crippen LogP contribution in [-0.4, -0.2) is 60.7 Å². The van der Waals surface area contributed by atoms with Crippen molar-refractivity contribution in [2.75, 3.05) is 36.0 Å². The summed E-state index contributed by atoms with van der Waals surface area (Å²) in [6.07, 6.45) is 5.95. The second kappa shape index (κ2) is 5.94. The molecular formula is C17H19N9. The molecule has 1 aliphatic rings. The fraction of sp³-hybridized carbons (Fsp3) is 0.353. The number of aromatic nitrogens is 7. The zero-order valence-corrected chi connectivity index (χ0v) is 14.5. The minimum atomic E-state index is 0.706. The van der Waals surface area contributed by atoms with E-state index in [9.17, 15) is 0 Å². The molecule has 0 radical (unpaired) electrons. The van der Waals surface area contributed by atoms with Crippen molar-refractivity contribution < 1.29 is 0 Å². The minimum absolute atomic E-state index is 0.706. The summed E-state index contributed by atoms with van der Waals surface area (Å²) in [5, 5.41) is 4.45. The molecule has 0 amide bonds. The molecule has 0 unspecified atom stereocenters. The molecule has 4 aromatic rings. The molecule has 1 fully saturated rings. The Kier molecular flexibility index (Phi) is 3.44. The van der Waals surface area contributed by atoms with E-state index in [-0.39, 0.29) is 0 Å². The first-order valence-corrected chi connectivity index (χ1v) is 8.81. The third-order valence-corrected chi connectivity index (χ3v) is 4.86. The first-order valence-electron chi connectivity index (χ1n) is 8.81. The van der Waals surface area contributed by atoms with Gasteiger partial charge in [-0.1, -0.05) is 6.92 Å². The van der Waals surface area contributed by atoms with Crippen LogP contribution in [0.1, 0.15) is 12.6 Å². The molecule has 0 aliphatic carbocycles. The van der Waals surface area contributed by atoms with Gasteiger partial charge in [-0.25, -0.2) is 19.9 Å². The van der Waals surface area contributed by atoms with Crippen LogP contribution < -0.4 is 9.80 Å². The number of nitrogens with zero attached hydrogens (tertiary/aromatic N) is 8. The molecule has 0 spiro atoms. The van der Waals surface area contributed by atoms with Crippen LogP contribution in [0.15, 0.2) is 31.0 Å². The van der Waals surface area contributed by atoms with Gasteiger partial charge in [0.05, 0.1) is 12.5 Å². The van der Waals surface area contributed by atoms with Gasteiger partial charge in [0.15, 0.2) is 17.1 Å². The van der Waals surface area contributed by atoms with E-state index in [0.717, 1.165) is 61.1 Å². The predicted molar refractivity (Wildman–Crippen MR) is 98.5 cm³/mol. The predicted octanol–water partition coefficient (Wildman–Crippen LogP) is 1.28. The van der Waals surface area contributed by atoms with Crippen LogP contribution in [0.25, 0.3) is 16.8 Å². The van der Waals surface area contributed by atoms with Gasteiger partial charge in [-0.15, -0.1) is 0 Å². The molecule has 5 rings (SSSR count). The zero-order chi connectivity index (χ0) is 17.5. The number of aromatic amines is 1. The van der Waals surface area contributed by atoms with Gasteiger partial charge < -0.3 is 14.8 Å². The average molecular weight is 349 g/mol. The Hall–Kier alpha value is -3.23. The Morgan fingerprint density at radius 3 is 2.77 bits per heavy atom. The lowest BCUT2D eigenvalue weighted by Crippen LogP contribution is -2.47. The normalized spacial score (nSPS) is 15.3. The zero-order valence-electron chi connectivity index (χ0n) is 14.5. The average Bonchev–Trinajstić information content (AvgIpc) is 3.36. The summed E-state index contributed by atoms with van der Waals surface area (Å²) in [7, 11) is 0. The van der Waals surface area contributed by atoms with Crippen molar-refractivity contribution >= 4 is 28.4 Å². The highest BCUT2D eigenvalue weighted by Gasteiger charge is 2.23. The minimum Gasteiger partial charge on any atom is -0.353 e. The van der Waals surface area contributed by atoms with Crippen LogP contribution in [0.2, 0.25) is 0 Å². The van der Waals surface area contributed by atoms with Crippen LogP contribution in [0.3, 0.4) is 0 Å². The van der Waals surface area contributed by atoms with Gasteiger partial charge in [-0.05, 0) is 6.42 Å². The fourth-order valence-electron chi connectivity index (χ4n) is 3.49. The van der Waals surface area contributed by atoms with Gasteiger partial charge in [0.2, 0.25) is 0 Å². The summed E-state index contributed by atoms with van der Waals surface area (Å²) >= 11 is 0. The highest BCUT2D eigenvalue weighted by atomic mass is 15.4. The van der Waals surface area contributed by atoms with Gasteiger partial charge in [0.1, 0.15) is 17.7 Å². The highest BCUT2D eigenvalue weighted by Crippen LogP contribution is 2.24. The summed E-state index contributed by atoms with van der Waals surface area (Å²) < 4.78 is 1.92. The monoisotopic (exact) mass is 349 g/mol. The van der Waals surface area contributed by atoms with E-state index < -0.39 is 0 Å². The maximum atomic E-state index is 4.64. The smallest absolute Gasteiger partial charge is 0.182 e. The Morgan fingerprint density at radius 2 is 1.92 bits per heavy atom. The van der Waals surface area contributed by atoms with Crippen molar-refractivity contribution in [3.05, 3.63) is 36.7 Å². The largest absolute Gasteiger partial charge is 0.353 e. The van der Waals surface area contributed by atoms with Crippen molar-refractivity contribution in [1.29, 1.82) is 0 Å². The number of aryl methyl sites for hydroxylation is 1. The first kappa shape index (κ1) is 15.1. The molecule has 0 saturated carbocycles. The lowest BCUT2D eigenvalue weighted by atomic mass is 10.2. The molecule has 26 heavy (non-hydrogen) atoms. The van der Waals surface area contributed by atoms with E-state index in [2.05, 4.69) is 52.8 Å². The van der Waals surface area contributed by atoms with Gasteiger partial charge in [-0.2, -0.15) is 9.61 Å². The van der Waals surface area contributed by atoms with E-state index in [0.29, 0.717) is 5.65 Å². The summed E-state index contributed by atoms with van der Waals surface area (Å²) in [6, 6.07) is 4.10. The molecule has 9 nitrogen and oxygen atoms in total. The van der Waals surface area contributed by atoms with E-state index in [4.69, 9.17) is 0 Å². The summed E-state index contributed by atoms with van der Waals surface area (Å²) in [5.41, 5.74) is 3.59. The highest BCUT2D eigenvalue weighted by molar-refractivity contribution is 5.82. The SMILES string of the molecule is CCc1cc(N2CCN(c3ncnc4nc[nH]c34)CC2)n2nccc2n1. The van der Waals surface area contributed by atoms with Crippen LogP contribution in [0, 0.1) is 0 Å². The van der Waals surface area contributed by atoms with Crippen molar-refractivity contribution in [1.82, 2.24) is 34.5 Å². The van der Waals surface area contributed by atoms with Gasteiger partial charge in [0.25, 0.3) is 0 Å². The van der Waals surface area contributed by atoms with Crippen LogP contribution in [0.4, 0.5) is 11.6 Å². The first-order chi connectivity index (χ1) is 12.8. The number of fused-ring (bicyclic) bond motifs is 2. The van der Waals surface area contributed by atoms with Gasteiger partial charge in [0, 0.05) is 44.0 Å². The second-order valence-electron chi connectivity index (χ2n) is 6.33. The van der Waals surface area contributed by atoms with Crippen LogP contribution in [-0.2, 0) is 6.42 Å². The standard InChI is InChI=1S/C17H19N9/c1-2-12-9-14(26-13(23-12)3-4-22-26)24-5-7-25(8-6-24)17-15-16(19-10-18-15)20-11-21-17/h3-4,9-11H,2,5-8H2,1H3,(H,18,19,20,21). The van der Waals surface area contributed by atoms with Gasteiger partial charge in [-0.3, -0.25) is 0 Å². The Bertz CT molecular complexity index is 1060. The summed E-state index contributed by atoms with van der Waals surface area (Å²) in [6.45, 7) is 5.65. The van der Waals surface area contributed by atoms with Crippen molar-refractivity contribution in [2.24, 2.45) is 0 Å². The third kappa shape index (κ3) is 2.35. The van der Waals surface area contributed by atoms with Crippen LogP contribution in [0.5, 0.6) is 0 Å². The molecule has 0 atom stereocenters. The molecule has 5 heterocycles. The lowest BCUT2D eigenvalue weighted by molar-refractivity contribution is 0.633. The van der Waals surface area contributed by atoms with E-state index in [1.54, 1.807) is 18.9 Å². The number of anilines is 2. The maximum Gasteiger partial charge on any atom is 0.182 e. The molecule has 132 valence electrons. The van der Waals surface area contributed by atoms with Crippen LogP contribution >= 0.6 is 0 Å². The number of H-pyrrole nitrogens is 1. The van der Waals surface area contributed by atoms with Crippen molar-refractivity contribution in [3.63, 3.8) is 0 Å². The molecule has 0 aromatic carbocycles. The molecule has 1 saturated heterocycles. The molecule has 4 aromatic heterocycles. The topological polar surface area (TPSA) is 91.1 Å². The van der Waals surface area contributed by atoms with E-state index in [1.807, 2.05) is 10.6 Å². The summed E-state index contributed by atoms with van der Waals surface area (Å²) in [4.78, 5) is 25.3. The molecular weight excluding hydrogens is 330 g/mol. The Balaban J connectivity index is 1.42. The number of rotatable bonds is 3. The number of hydrogen-bond donors (Lipinski definition) is 1. The number of hydrogen-bond acceptors (Lipinski definition) is 7. The van der Waals surface area contributed by atoms with E-state index >= 15 is 0 Å². The lowest BCUT2D eigenvalue weighted by Gasteiger charge is -2.36. The fourth-order valence-corrected chi connectivity index (χ4v) is 3.49. The Morgan fingerprint density at radius 1 is 1.08 bits per heavy atom. The Labute approximate surface area is 149 Å². The van der Waals surface area contributed by atoms with Crippen molar-refractivity contribution in [2.45, 2.75) is 13.3 Å². The molecule has 9 heteroatoms. The molecule has 1 N–H and O–H groups in total. The van der Waals surface area contributed by atoms with Crippen molar-refractivity contribution in [3.8, 4) is 0 Å². The van der Waals surface area contributed by atoms with E-state index in [1.165, 1.54) is 0 Å². The third-order valence-electron chi connectivity index (χ3n) is 4.86. The number of piperazine rings is 1. The molecule has 0 bridgehead atoms. The summed E-state index contributed by atoms with van der Waals surface area (Å²) in [5.74, 6) is 2.02. The van der Waals surface area contributed by atoms with Gasteiger partial charge >= 0.3 is 0 Å². The molecule has 1 aliphatic heterocycles. The maximum absolute atomic E-state index is 4.64. The number of nitrogens with one attached hydrogen (secondary N) is 1. The second-order valence-corrected chi connectivity index (χ2v) is 6.33.